The molecule has 0 aliphatic heterocycles. The lowest BCUT2D eigenvalue weighted by molar-refractivity contribution is -0.147. The molecule has 6 nitrogen and oxygen atoms in total. The van der Waals surface area contributed by atoms with Gasteiger partial charge in [-0.1, -0.05) is 24.3 Å². The Morgan fingerprint density at radius 2 is 1.59 bits per heavy atom. The van der Waals surface area contributed by atoms with E-state index in [1.54, 1.807) is 6.07 Å². The zero-order chi connectivity index (χ0) is 19.8. The van der Waals surface area contributed by atoms with Gasteiger partial charge in [-0.2, -0.15) is 0 Å². The minimum atomic E-state index is -0.592. The molecular formula is C21H24N2O4. The Labute approximate surface area is 158 Å². The van der Waals surface area contributed by atoms with Crippen LogP contribution in [0.5, 0.6) is 0 Å². The van der Waals surface area contributed by atoms with Crippen LogP contribution in [0.25, 0.3) is 0 Å². The maximum Gasteiger partial charge on any atom is 0.306 e. The van der Waals surface area contributed by atoms with E-state index in [1.807, 2.05) is 57.2 Å². The van der Waals surface area contributed by atoms with E-state index >= 15 is 0 Å². The van der Waals surface area contributed by atoms with Gasteiger partial charge in [-0.3, -0.25) is 14.4 Å². The van der Waals surface area contributed by atoms with Gasteiger partial charge in [-0.05, 0) is 55.7 Å². The first-order chi connectivity index (χ1) is 12.8. The Bertz CT molecular complexity index is 846. The molecule has 0 saturated carbocycles. The number of aryl methyl sites for hydroxylation is 3. The molecule has 6 heteroatoms. The lowest BCUT2D eigenvalue weighted by atomic mass is 10.1. The van der Waals surface area contributed by atoms with E-state index in [9.17, 15) is 14.4 Å². The number of hydrogen-bond donors (Lipinski definition) is 2. The van der Waals surface area contributed by atoms with Gasteiger partial charge in [0, 0.05) is 17.8 Å². The maximum absolute atomic E-state index is 12.0. The van der Waals surface area contributed by atoms with Crippen molar-refractivity contribution >= 4 is 29.2 Å². The van der Waals surface area contributed by atoms with Gasteiger partial charge in [0.25, 0.3) is 5.91 Å². The second-order valence-electron chi connectivity index (χ2n) is 6.44. The van der Waals surface area contributed by atoms with Crippen molar-refractivity contribution in [3.05, 3.63) is 59.2 Å². The number of benzene rings is 2. The summed E-state index contributed by atoms with van der Waals surface area (Å²) in [6.07, 6.45) is -0.0971. The average Bonchev–Trinajstić information content (AvgIpc) is 2.61. The molecule has 0 saturated heterocycles. The molecule has 0 unspecified atom stereocenters. The Kier molecular flexibility index (Phi) is 7.11. The van der Waals surface area contributed by atoms with Gasteiger partial charge < -0.3 is 15.4 Å². The van der Waals surface area contributed by atoms with E-state index in [0.717, 1.165) is 22.4 Å². The Morgan fingerprint density at radius 3 is 2.33 bits per heavy atom. The van der Waals surface area contributed by atoms with Crippen molar-refractivity contribution in [2.45, 2.75) is 33.6 Å². The topological polar surface area (TPSA) is 84.5 Å². The van der Waals surface area contributed by atoms with E-state index in [4.69, 9.17) is 4.74 Å². The van der Waals surface area contributed by atoms with Crippen molar-refractivity contribution in [1.29, 1.82) is 0 Å². The van der Waals surface area contributed by atoms with Crippen LogP contribution in [-0.2, 0) is 19.1 Å². The summed E-state index contributed by atoms with van der Waals surface area (Å²) in [6.45, 7) is 5.37. The monoisotopic (exact) mass is 368 g/mol. The first kappa shape index (κ1) is 20.2. The van der Waals surface area contributed by atoms with Crippen molar-refractivity contribution < 1.29 is 19.1 Å². The SMILES string of the molecule is Cc1cccc(NC(=O)COC(=O)CCC(=O)Nc2cc(C)ccc2C)c1. The Morgan fingerprint density at radius 1 is 0.852 bits per heavy atom. The highest BCUT2D eigenvalue weighted by Crippen LogP contribution is 2.16. The minimum absolute atomic E-state index is 0.00822. The number of anilines is 2. The standard InChI is InChI=1S/C21H24N2O4/c1-14-5-4-6-17(11-14)22-20(25)13-27-21(26)10-9-19(24)23-18-12-15(2)7-8-16(18)3/h4-8,11-12H,9-10,13H2,1-3H3,(H,22,25)(H,23,24). The van der Waals surface area contributed by atoms with Crippen LogP contribution in [0.2, 0.25) is 0 Å². The van der Waals surface area contributed by atoms with Crippen molar-refractivity contribution in [2.24, 2.45) is 0 Å². The molecule has 0 aliphatic rings. The van der Waals surface area contributed by atoms with Gasteiger partial charge in [0.1, 0.15) is 0 Å². The number of carbonyl (C=O) groups excluding carboxylic acids is 3. The molecule has 2 rings (SSSR count). The molecule has 142 valence electrons. The summed E-state index contributed by atoms with van der Waals surface area (Å²) < 4.78 is 4.92. The van der Waals surface area contributed by atoms with E-state index in [0.29, 0.717) is 5.69 Å². The fraction of sp³-hybridized carbons (Fsp3) is 0.286. The predicted octanol–water partition coefficient (Wildman–Crippen LogP) is 3.51. The molecule has 0 aromatic heterocycles. The summed E-state index contributed by atoms with van der Waals surface area (Å²) in [4.78, 5) is 35.6. The van der Waals surface area contributed by atoms with Crippen LogP contribution in [0.15, 0.2) is 42.5 Å². The Hall–Kier alpha value is -3.15. The summed E-state index contributed by atoms with van der Waals surface area (Å²) in [5.41, 5.74) is 4.37. The van der Waals surface area contributed by atoms with Crippen LogP contribution in [0.4, 0.5) is 11.4 Å². The van der Waals surface area contributed by atoms with Crippen molar-refractivity contribution in [3.8, 4) is 0 Å². The fourth-order valence-corrected chi connectivity index (χ4v) is 2.44. The molecule has 0 heterocycles. The fourth-order valence-electron chi connectivity index (χ4n) is 2.44. The first-order valence-corrected chi connectivity index (χ1v) is 8.73. The molecule has 2 aromatic carbocycles. The predicted molar refractivity (Wildman–Crippen MR) is 105 cm³/mol. The second kappa shape index (κ2) is 9.52. The highest BCUT2D eigenvalue weighted by molar-refractivity contribution is 5.94. The second-order valence-corrected chi connectivity index (χ2v) is 6.44. The van der Waals surface area contributed by atoms with Crippen LogP contribution in [0.1, 0.15) is 29.5 Å². The summed E-state index contributed by atoms with van der Waals surface area (Å²) in [5, 5.41) is 5.43. The number of rotatable bonds is 7. The highest BCUT2D eigenvalue weighted by Gasteiger charge is 2.12. The highest BCUT2D eigenvalue weighted by atomic mass is 16.5. The van der Waals surface area contributed by atoms with Crippen molar-refractivity contribution in [1.82, 2.24) is 0 Å². The molecule has 0 radical (unpaired) electrons. The van der Waals surface area contributed by atoms with E-state index < -0.39 is 11.9 Å². The average molecular weight is 368 g/mol. The molecule has 0 spiro atoms. The van der Waals surface area contributed by atoms with Gasteiger partial charge in [-0.25, -0.2) is 0 Å². The maximum atomic E-state index is 12.0. The van der Waals surface area contributed by atoms with Gasteiger partial charge in [0.2, 0.25) is 5.91 Å². The molecule has 0 aliphatic carbocycles. The van der Waals surface area contributed by atoms with Crippen LogP contribution in [0.3, 0.4) is 0 Å². The van der Waals surface area contributed by atoms with Gasteiger partial charge in [0.15, 0.2) is 6.61 Å². The van der Waals surface area contributed by atoms with E-state index in [-0.39, 0.29) is 25.4 Å². The third kappa shape index (κ3) is 6.93. The minimum Gasteiger partial charge on any atom is -0.456 e. The molecule has 0 bridgehead atoms. The van der Waals surface area contributed by atoms with E-state index in [2.05, 4.69) is 10.6 Å². The number of ether oxygens (including phenoxy) is 1. The smallest absolute Gasteiger partial charge is 0.306 e. The van der Waals surface area contributed by atoms with Crippen molar-refractivity contribution in [3.63, 3.8) is 0 Å². The molecule has 0 fully saturated rings. The lowest BCUT2D eigenvalue weighted by Crippen LogP contribution is -2.21. The summed E-state index contributed by atoms with van der Waals surface area (Å²) in [7, 11) is 0. The number of carbonyl (C=O) groups is 3. The molecule has 2 amide bonds. The molecule has 27 heavy (non-hydrogen) atoms. The molecule has 2 N–H and O–H groups in total. The zero-order valence-corrected chi connectivity index (χ0v) is 15.8. The summed E-state index contributed by atoms with van der Waals surface area (Å²) >= 11 is 0. The third-order valence-corrected chi connectivity index (χ3v) is 3.89. The molecule has 0 atom stereocenters. The largest absolute Gasteiger partial charge is 0.456 e. The number of amides is 2. The van der Waals surface area contributed by atoms with Gasteiger partial charge in [0.05, 0.1) is 6.42 Å². The van der Waals surface area contributed by atoms with Crippen LogP contribution in [0, 0.1) is 20.8 Å². The van der Waals surface area contributed by atoms with E-state index in [1.165, 1.54) is 0 Å². The van der Waals surface area contributed by atoms with Crippen molar-refractivity contribution in [2.75, 3.05) is 17.2 Å². The van der Waals surface area contributed by atoms with Gasteiger partial charge in [-0.15, -0.1) is 0 Å². The lowest BCUT2D eigenvalue weighted by Gasteiger charge is -2.09. The quantitative estimate of drug-likeness (QED) is 0.733. The van der Waals surface area contributed by atoms with Gasteiger partial charge >= 0.3 is 5.97 Å². The number of hydrogen-bond acceptors (Lipinski definition) is 4. The molecule has 2 aromatic rings. The zero-order valence-electron chi connectivity index (χ0n) is 15.8. The van der Waals surface area contributed by atoms with Crippen LogP contribution < -0.4 is 10.6 Å². The molecular weight excluding hydrogens is 344 g/mol. The van der Waals surface area contributed by atoms with Crippen LogP contribution >= 0.6 is 0 Å². The van der Waals surface area contributed by atoms with Crippen LogP contribution in [-0.4, -0.2) is 24.4 Å². The normalized spacial score (nSPS) is 10.2. The third-order valence-electron chi connectivity index (χ3n) is 3.89. The summed E-state index contributed by atoms with van der Waals surface area (Å²) in [6, 6.07) is 13.1. The Balaban J connectivity index is 1.71. The number of esters is 1. The first-order valence-electron chi connectivity index (χ1n) is 8.73. The summed E-state index contributed by atoms with van der Waals surface area (Å²) in [5.74, 6) is -1.29. The number of nitrogens with one attached hydrogen (secondary N) is 2.